The van der Waals surface area contributed by atoms with Crippen LogP contribution in [0.5, 0.6) is 0 Å². The van der Waals surface area contributed by atoms with Crippen LogP contribution in [0.15, 0.2) is 0 Å². The van der Waals surface area contributed by atoms with Crippen molar-refractivity contribution in [3.63, 3.8) is 0 Å². The first-order valence-electron chi connectivity index (χ1n) is 3.33. The third-order valence-electron chi connectivity index (χ3n) is 2.20. The molecule has 0 radical (unpaired) electrons. The van der Waals surface area contributed by atoms with Crippen molar-refractivity contribution >= 4 is 11.6 Å². The number of aromatic nitrogens is 1. The summed E-state index contributed by atoms with van der Waals surface area (Å²) in [4.78, 5) is 0. The number of hydrogen-bond acceptors (Lipinski definition) is 0. The van der Waals surface area contributed by atoms with Crippen LogP contribution < -0.4 is 0 Å². The molecular formula is C8H12ClN. The predicted octanol–water partition coefficient (Wildman–Crippen LogP) is 2.60. The fraction of sp³-hybridized carbons (Fsp3) is 0.500. The van der Waals surface area contributed by atoms with E-state index in [1.54, 1.807) is 0 Å². The number of rotatable bonds is 0. The summed E-state index contributed by atoms with van der Waals surface area (Å²) in [5, 5.41) is 0.903. The Balaban J connectivity index is 3.44. The smallest absolute Gasteiger partial charge is 0.0644 e. The Bertz CT molecular complexity index is 180. The lowest BCUT2D eigenvalue weighted by Crippen LogP contribution is -1.92. The summed E-state index contributed by atoms with van der Waals surface area (Å²) in [5.74, 6) is 0. The molecule has 56 valence electrons. The van der Waals surface area contributed by atoms with E-state index in [2.05, 4.69) is 11.5 Å². The molecule has 0 N–H and O–H groups in total. The van der Waals surface area contributed by atoms with Crippen LogP contribution in [0.2, 0.25) is 5.02 Å². The lowest BCUT2D eigenvalue weighted by atomic mass is 10.3. The molecule has 1 heterocycles. The molecule has 1 nitrogen and oxygen atoms in total. The molecule has 0 fully saturated rings. The summed E-state index contributed by atoms with van der Waals surface area (Å²) in [6.07, 6.45) is 0. The number of nitrogens with zero attached hydrogens (tertiary/aromatic N) is 1. The fourth-order valence-corrected chi connectivity index (χ4v) is 1.34. The molecule has 0 saturated heterocycles. The second kappa shape index (κ2) is 2.31. The molecule has 0 aliphatic rings. The molecule has 0 spiro atoms. The Morgan fingerprint density at radius 1 is 1.10 bits per heavy atom. The van der Waals surface area contributed by atoms with Gasteiger partial charge in [-0.05, 0) is 26.3 Å². The van der Waals surface area contributed by atoms with Crippen LogP contribution in [-0.4, -0.2) is 4.57 Å². The van der Waals surface area contributed by atoms with E-state index in [-0.39, 0.29) is 0 Å². The van der Waals surface area contributed by atoms with Crippen molar-refractivity contribution in [2.45, 2.75) is 20.8 Å². The molecule has 1 aromatic rings. The average molecular weight is 158 g/mol. The van der Waals surface area contributed by atoms with Crippen molar-refractivity contribution in [3.05, 3.63) is 22.0 Å². The quantitative estimate of drug-likeness (QED) is 0.546. The fourth-order valence-electron chi connectivity index (χ4n) is 1.08. The first-order chi connectivity index (χ1) is 4.55. The Hall–Kier alpha value is -0.430. The lowest BCUT2D eigenvalue weighted by Gasteiger charge is -1.97. The Morgan fingerprint density at radius 3 is 1.70 bits per heavy atom. The van der Waals surface area contributed by atoms with Gasteiger partial charge >= 0.3 is 0 Å². The zero-order valence-electron chi connectivity index (χ0n) is 6.83. The SMILES string of the molecule is Cc1c(Cl)c(C)n(C)c1C. The van der Waals surface area contributed by atoms with Crippen molar-refractivity contribution in [2.75, 3.05) is 0 Å². The van der Waals surface area contributed by atoms with E-state index in [1.807, 2.05) is 20.9 Å². The molecule has 0 aromatic carbocycles. The van der Waals surface area contributed by atoms with E-state index in [0.717, 1.165) is 10.7 Å². The predicted molar refractivity (Wildman–Crippen MR) is 44.6 cm³/mol. The summed E-state index contributed by atoms with van der Waals surface area (Å²) < 4.78 is 2.11. The molecule has 2 heteroatoms. The van der Waals surface area contributed by atoms with Crippen LogP contribution >= 0.6 is 11.6 Å². The second-order valence-corrected chi connectivity index (χ2v) is 3.05. The normalized spacial score (nSPS) is 10.5. The third-order valence-corrected chi connectivity index (χ3v) is 2.75. The second-order valence-electron chi connectivity index (χ2n) is 2.67. The highest BCUT2D eigenvalue weighted by molar-refractivity contribution is 6.32. The van der Waals surface area contributed by atoms with Gasteiger partial charge in [0.15, 0.2) is 0 Å². The zero-order chi connectivity index (χ0) is 7.89. The highest BCUT2D eigenvalue weighted by Gasteiger charge is 2.08. The van der Waals surface area contributed by atoms with Crippen molar-refractivity contribution in [2.24, 2.45) is 7.05 Å². The molecular weight excluding hydrogens is 146 g/mol. The lowest BCUT2D eigenvalue weighted by molar-refractivity contribution is 0.841. The monoisotopic (exact) mass is 157 g/mol. The third kappa shape index (κ3) is 0.853. The first-order valence-corrected chi connectivity index (χ1v) is 3.71. The van der Waals surface area contributed by atoms with Crippen molar-refractivity contribution < 1.29 is 0 Å². The van der Waals surface area contributed by atoms with E-state index >= 15 is 0 Å². The van der Waals surface area contributed by atoms with Gasteiger partial charge < -0.3 is 4.57 Å². The van der Waals surface area contributed by atoms with Crippen molar-refractivity contribution in [1.82, 2.24) is 4.57 Å². The molecule has 1 rings (SSSR count). The summed E-state index contributed by atoms with van der Waals surface area (Å²) in [7, 11) is 2.03. The van der Waals surface area contributed by atoms with Gasteiger partial charge in [-0.2, -0.15) is 0 Å². The van der Waals surface area contributed by atoms with Crippen LogP contribution in [0.3, 0.4) is 0 Å². The van der Waals surface area contributed by atoms with Gasteiger partial charge in [0.2, 0.25) is 0 Å². The minimum Gasteiger partial charge on any atom is -0.350 e. The minimum atomic E-state index is 0.903. The van der Waals surface area contributed by atoms with Gasteiger partial charge in [-0.1, -0.05) is 11.6 Å². The molecule has 0 aliphatic carbocycles. The van der Waals surface area contributed by atoms with Gasteiger partial charge in [-0.25, -0.2) is 0 Å². The maximum absolute atomic E-state index is 5.98. The summed E-state index contributed by atoms with van der Waals surface area (Å²) in [5.41, 5.74) is 3.60. The summed E-state index contributed by atoms with van der Waals surface area (Å²) in [6, 6.07) is 0. The molecule has 0 atom stereocenters. The molecule has 0 amide bonds. The molecule has 0 aliphatic heterocycles. The highest BCUT2D eigenvalue weighted by atomic mass is 35.5. The van der Waals surface area contributed by atoms with Gasteiger partial charge in [0.25, 0.3) is 0 Å². The van der Waals surface area contributed by atoms with E-state index in [9.17, 15) is 0 Å². The topological polar surface area (TPSA) is 4.93 Å². The minimum absolute atomic E-state index is 0.903. The Kier molecular flexibility index (Phi) is 1.78. The average Bonchev–Trinajstić information content (AvgIpc) is 2.07. The van der Waals surface area contributed by atoms with E-state index in [1.165, 1.54) is 11.3 Å². The highest BCUT2D eigenvalue weighted by Crippen LogP contribution is 2.24. The van der Waals surface area contributed by atoms with Crippen LogP contribution in [-0.2, 0) is 7.05 Å². The maximum Gasteiger partial charge on any atom is 0.0644 e. The van der Waals surface area contributed by atoms with Gasteiger partial charge in [-0.15, -0.1) is 0 Å². The van der Waals surface area contributed by atoms with Gasteiger partial charge in [0, 0.05) is 18.4 Å². The molecule has 0 unspecified atom stereocenters. The Morgan fingerprint density at radius 2 is 1.60 bits per heavy atom. The largest absolute Gasteiger partial charge is 0.350 e. The van der Waals surface area contributed by atoms with Crippen LogP contribution in [0.1, 0.15) is 17.0 Å². The standard InChI is InChI=1S/C8H12ClN/c1-5-6(2)10(4)7(3)8(5)9/h1-4H3. The number of hydrogen-bond donors (Lipinski definition) is 0. The molecule has 0 bridgehead atoms. The van der Waals surface area contributed by atoms with Crippen LogP contribution in [0.4, 0.5) is 0 Å². The van der Waals surface area contributed by atoms with Crippen LogP contribution in [0.25, 0.3) is 0 Å². The Labute approximate surface area is 66.6 Å². The number of halogens is 1. The maximum atomic E-state index is 5.98. The summed E-state index contributed by atoms with van der Waals surface area (Å²) >= 11 is 5.98. The zero-order valence-corrected chi connectivity index (χ0v) is 7.58. The van der Waals surface area contributed by atoms with Gasteiger partial charge in [-0.3, -0.25) is 0 Å². The van der Waals surface area contributed by atoms with Crippen molar-refractivity contribution in [1.29, 1.82) is 0 Å². The molecule has 10 heavy (non-hydrogen) atoms. The summed E-state index contributed by atoms with van der Waals surface area (Å²) in [6.45, 7) is 6.15. The molecule has 1 aromatic heterocycles. The van der Waals surface area contributed by atoms with Crippen LogP contribution in [0, 0.1) is 20.8 Å². The first kappa shape index (κ1) is 7.67. The van der Waals surface area contributed by atoms with E-state index < -0.39 is 0 Å². The van der Waals surface area contributed by atoms with Gasteiger partial charge in [0.05, 0.1) is 5.02 Å². The van der Waals surface area contributed by atoms with E-state index in [4.69, 9.17) is 11.6 Å². The van der Waals surface area contributed by atoms with Crippen molar-refractivity contribution in [3.8, 4) is 0 Å². The van der Waals surface area contributed by atoms with E-state index in [0.29, 0.717) is 0 Å². The molecule has 0 saturated carbocycles. The van der Waals surface area contributed by atoms with Gasteiger partial charge in [0.1, 0.15) is 0 Å².